The fourth-order valence-corrected chi connectivity index (χ4v) is 3.52. The summed E-state index contributed by atoms with van der Waals surface area (Å²) >= 11 is 0. The van der Waals surface area contributed by atoms with Gasteiger partial charge < -0.3 is 19.7 Å². The van der Waals surface area contributed by atoms with Gasteiger partial charge >= 0.3 is 0 Å². The van der Waals surface area contributed by atoms with E-state index in [1.54, 1.807) is 31.3 Å². The van der Waals surface area contributed by atoms with Crippen molar-refractivity contribution in [3.63, 3.8) is 0 Å². The fraction of sp³-hybridized carbons (Fsp3) is 0.333. The lowest BCUT2D eigenvalue weighted by atomic mass is 9.83. The largest absolute Gasteiger partial charge is 0.497 e. The molecule has 1 N–H and O–H groups in total. The Balaban J connectivity index is 1.92. The van der Waals surface area contributed by atoms with Gasteiger partial charge in [0.25, 0.3) is 5.91 Å². The van der Waals surface area contributed by atoms with E-state index < -0.39 is 5.92 Å². The molecule has 0 saturated heterocycles. The quantitative estimate of drug-likeness (QED) is 0.851. The van der Waals surface area contributed by atoms with Crippen LogP contribution in [0.25, 0.3) is 0 Å². The second kappa shape index (κ2) is 8.22. The van der Waals surface area contributed by atoms with Gasteiger partial charge in [-0.2, -0.15) is 0 Å². The lowest BCUT2D eigenvalue weighted by Crippen LogP contribution is -2.50. The Morgan fingerprint density at radius 3 is 2.67 bits per heavy atom. The van der Waals surface area contributed by atoms with Crippen LogP contribution in [0, 0.1) is 0 Å². The number of amides is 2. The minimum atomic E-state index is -0.470. The Labute approximate surface area is 159 Å². The number of rotatable bonds is 6. The van der Waals surface area contributed by atoms with Crippen molar-refractivity contribution in [2.75, 3.05) is 32.7 Å². The first kappa shape index (κ1) is 18.9. The van der Waals surface area contributed by atoms with Gasteiger partial charge in [0.05, 0.1) is 19.6 Å². The van der Waals surface area contributed by atoms with Gasteiger partial charge in [-0.1, -0.05) is 24.3 Å². The summed E-state index contributed by atoms with van der Waals surface area (Å²) in [6.07, 6.45) is 0. The van der Waals surface area contributed by atoms with E-state index in [-0.39, 0.29) is 17.9 Å². The van der Waals surface area contributed by atoms with Crippen LogP contribution in [0.5, 0.6) is 5.75 Å². The average molecular weight is 368 g/mol. The molecule has 1 aliphatic rings. The molecule has 0 aromatic heterocycles. The summed E-state index contributed by atoms with van der Waals surface area (Å²) in [5, 5.41) is 2.96. The number of fused-ring (bicyclic) bond motifs is 1. The van der Waals surface area contributed by atoms with E-state index in [9.17, 15) is 9.59 Å². The van der Waals surface area contributed by atoms with Crippen LogP contribution in [-0.2, 0) is 9.53 Å². The third-order valence-electron chi connectivity index (χ3n) is 4.92. The molecule has 1 heterocycles. The zero-order chi connectivity index (χ0) is 19.4. The number of nitrogens with zero attached hydrogens (tertiary/aromatic N) is 1. The normalized spacial score (nSPS) is 18.8. The molecule has 1 aliphatic heterocycles. The number of carbonyl (C=O) groups is 2. The maximum atomic E-state index is 13.1. The topological polar surface area (TPSA) is 67.9 Å². The SMILES string of the molecule is COCCN1C(=O)c2ccccc2C(C(=O)Nc2cccc(OC)c2)C1C. The first-order valence-corrected chi connectivity index (χ1v) is 8.90. The molecule has 142 valence electrons. The molecule has 27 heavy (non-hydrogen) atoms. The smallest absolute Gasteiger partial charge is 0.254 e. The van der Waals surface area contributed by atoms with Crippen molar-refractivity contribution < 1.29 is 19.1 Å². The highest BCUT2D eigenvalue weighted by molar-refractivity contribution is 6.04. The molecule has 0 spiro atoms. The van der Waals surface area contributed by atoms with E-state index in [2.05, 4.69) is 5.32 Å². The van der Waals surface area contributed by atoms with Crippen LogP contribution >= 0.6 is 0 Å². The van der Waals surface area contributed by atoms with Crippen molar-refractivity contribution >= 4 is 17.5 Å². The van der Waals surface area contributed by atoms with Crippen LogP contribution in [0.1, 0.15) is 28.8 Å². The second-order valence-corrected chi connectivity index (χ2v) is 6.52. The molecule has 0 aliphatic carbocycles. The monoisotopic (exact) mass is 368 g/mol. The Bertz CT molecular complexity index is 836. The highest BCUT2D eigenvalue weighted by Crippen LogP contribution is 2.34. The summed E-state index contributed by atoms with van der Waals surface area (Å²) in [6.45, 7) is 2.76. The minimum absolute atomic E-state index is 0.0689. The molecule has 0 bridgehead atoms. The first-order chi connectivity index (χ1) is 13.1. The van der Waals surface area contributed by atoms with E-state index in [1.807, 2.05) is 43.3 Å². The number of hydrogen-bond acceptors (Lipinski definition) is 4. The fourth-order valence-electron chi connectivity index (χ4n) is 3.52. The van der Waals surface area contributed by atoms with Crippen molar-refractivity contribution in [1.82, 2.24) is 4.90 Å². The number of nitrogens with one attached hydrogen (secondary N) is 1. The summed E-state index contributed by atoms with van der Waals surface area (Å²) in [6, 6.07) is 14.2. The zero-order valence-corrected chi connectivity index (χ0v) is 15.8. The number of hydrogen-bond donors (Lipinski definition) is 1. The lowest BCUT2D eigenvalue weighted by molar-refractivity contribution is -0.119. The molecule has 2 unspecified atom stereocenters. The predicted octanol–water partition coefficient (Wildman–Crippen LogP) is 2.91. The molecule has 2 aromatic rings. The number of ether oxygens (including phenoxy) is 2. The number of carbonyl (C=O) groups excluding carboxylic acids is 2. The molecule has 2 atom stereocenters. The van der Waals surface area contributed by atoms with E-state index in [0.717, 1.165) is 5.56 Å². The molecule has 2 amide bonds. The van der Waals surface area contributed by atoms with Crippen LogP contribution in [0.2, 0.25) is 0 Å². The zero-order valence-electron chi connectivity index (χ0n) is 15.8. The number of methoxy groups -OCH3 is 2. The number of anilines is 1. The van der Waals surface area contributed by atoms with Crippen LogP contribution in [0.4, 0.5) is 5.69 Å². The molecule has 6 nitrogen and oxygen atoms in total. The molecule has 0 fully saturated rings. The molecule has 2 aromatic carbocycles. The summed E-state index contributed by atoms with van der Waals surface area (Å²) in [5.74, 6) is -0.0255. The highest BCUT2D eigenvalue weighted by Gasteiger charge is 2.40. The van der Waals surface area contributed by atoms with E-state index in [4.69, 9.17) is 9.47 Å². The van der Waals surface area contributed by atoms with Gasteiger partial charge in [0, 0.05) is 37.0 Å². The van der Waals surface area contributed by atoms with Crippen molar-refractivity contribution in [3.05, 3.63) is 59.7 Å². The molecular formula is C21H24N2O4. The van der Waals surface area contributed by atoms with Gasteiger partial charge in [0.1, 0.15) is 5.75 Å². The summed E-state index contributed by atoms with van der Waals surface area (Å²) in [5.41, 5.74) is 1.98. The van der Waals surface area contributed by atoms with E-state index in [1.165, 1.54) is 0 Å². The Hall–Kier alpha value is -2.86. The molecular weight excluding hydrogens is 344 g/mol. The van der Waals surface area contributed by atoms with Crippen molar-refractivity contribution in [1.29, 1.82) is 0 Å². The second-order valence-electron chi connectivity index (χ2n) is 6.52. The minimum Gasteiger partial charge on any atom is -0.497 e. The maximum absolute atomic E-state index is 13.1. The highest BCUT2D eigenvalue weighted by atomic mass is 16.5. The average Bonchev–Trinajstić information content (AvgIpc) is 2.68. The molecule has 6 heteroatoms. The summed E-state index contributed by atoms with van der Waals surface area (Å²) in [7, 11) is 3.18. The Morgan fingerprint density at radius 2 is 1.93 bits per heavy atom. The Kier molecular flexibility index (Phi) is 5.76. The summed E-state index contributed by atoms with van der Waals surface area (Å²) < 4.78 is 10.4. The van der Waals surface area contributed by atoms with Crippen LogP contribution in [0.3, 0.4) is 0 Å². The number of benzene rings is 2. The van der Waals surface area contributed by atoms with Crippen molar-refractivity contribution in [3.8, 4) is 5.75 Å². The first-order valence-electron chi connectivity index (χ1n) is 8.90. The lowest BCUT2D eigenvalue weighted by Gasteiger charge is -2.39. The van der Waals surface area contributed by atoms with Crippen molar-refractivity contribution in [2.24, 2.45) is 0 Å². The van der Waals surface area contributed by atoms with Gasteiger partial charge in [0.15, 0.2) is 0 Å². The van der Waals surface area contributed by atoms with Gasteiger partial charge in [-0.15, -0.1) is 0 Å². The third kappa shape index (κ3) is 3.80. The van der Waals surface area contributed by atoms with E-state index in [0.29, 0.717) is 30.2 Å². The maximum Gasteiger partial charge on any atom is 0.254 e. The molecule has 0 saturated carbocycles. The van der Waals surface area contributed by atoms with Crippen molar-refractivity contribution in [2.45, 2.75) is 18.9 Å². The standard InChI is InChI=1S/C21H24N2O4/c1-14-19(20(24)22-15-7-6-8-16(13-15)27-3)17-9-4-5-10-18(17)21(25)23(14)11-12-26-2/h4-10,13-14,19H,11-12H2,1-3H3,(H,22,24). The molecule has 3 rings (SSSR count). The summed E-state index contributed by atoms with van der Waals surface area (Å²) in [4.78, 5) is 27.7. The third-order valence-corrected chi connectivity index (χ3v) is 4.92. The Morgan fingerprint density at radius 1 is 1.15 bits per heavy atom. The van der Waals surface area contributed by atoms with Gasteiger partial charge in [-0.3, -0.25) is 9.59 Å². The van der Waals surface area contributed by atoms with E-state index >= 15 is 0 Å². The van der Waals surface area contributed by atoms with Crippen LogP contribution < -0.4 is 10.1 Å². The van der Waals surface area contributed by atoms with Crippen LogP contribution in [-0.4, -0.2) is 50.1 Å². The van der Waals surface area contributed by atoms with Gasteiger partial charge in [0.2, 0.25) is 5.91 Å². The predicted molar refractivity (Wildman–Crippen MR) is 103 cm³/mol. The van der Waals surface area contributed by atoms with Crippen LogP contribution in [0.15, 0.2) is 48.5 Å². The molecule has 0 radical (unpaired) electrons. The van der Waals surface area contributed by atoms with Gasteiger partial charge in [-0.05, 0) is 30.7 Å². The van der Waals surface area contributed by atoms with Gasteiger partial charge in [-0.25, -0.2) is 0 Å².